The van der Waals surface area contributed by atoms with Gasteiger partial charge in [0.1, 0.15) is 0 Å². The van der Waals surface area contributed by atoms with Crippen molar-refractivity contribution in [3.63, 3.8) is 0 Å². The molecule has 0 saturated carbocycles. The maximum Gasteiger partial charge on any atom is 1.00 e. The summed E-state index contributed by atoms with van der Waals surface area (Å²) in [6.45, 7) is 0. The monoisotopic (exact) mass is 201 g/mol. The molecule has 0 aliphatic carbocycles. The van der Waals surface area contributed by atoms with Crippen molar-refractivity contribution in [3.05, 3.63) is 18.2 Å². The van der Waals surface area contributed by atoms with Gasteiger partial charge in [-0.3, -0.25) is 0 Å². The van der Waals surface area contributed by atoms with Gasteiger partial charge in [-0.25, -0.2) is 11.3 Å². The fourth-order valence-electron chi connectivity index (χ4n) is 0.675. The predicted octanol–water partition coefficient (Wildman–Crippen LogP) is -0.613. The number of aromatic amines is 1. The van der Waals surface area contributed by atoms with Gasteiger partial charge >= 0.3 is 17.1 Å². The molecule has 0 fully saturated rings. The van der Waals surface area contributed by atoms with Gasteiger partial charge in [0.25, 0.3) is 0 Å². The third kappa shape index (κ3) is 3.32. The second-order valence-electron chi connectivity index (χ2n) is 2.01. The average Bonchev–Trinajstić information content (AvgIpc) is 2.40. The van der Waals surface area contributed by atoms with Gasteiger partial charge in [-0.1, -0.05) is 6.04 Å². The van der Waals surface area contributed by atoms with Gasteiger partial charge in [0.15, 0.2) is 0 Å². The molecule has 1 aromatic heterocycles. The third-order valence-corrected chi connectivity index (χ3v) is 1.15. The van der Waals surface area contributed by atoms with Crippen LogP contribution in [0, 0.1) is 0 Å². The Balaban J connectivity index is 0.000001000. The van der Waals surface area contributed by atoms with E-state index in [2.05, 4.69) is 9.97 Å². The molecule has 64 valence electrons. The third-order valence-electron chi connectivity index (χ3n) is 1.15. The summed E-state index contributed by atoms with van der Waals surface area (Å²) in [5, 5.41) is 0. The molecule has 1 rings (SSSR count). The molecule has 0 aliphatic rings. The average molecular weight is 202 g/mol. The first kappa shape index (κ1) is 10.4. The van der Waals surface area contributed by atoms with Crippen LogP contribution in [0.1, 0.15) is 5.69 Å². The van der Waals surface area contributed by atoms with E-state index < -0.39 is 6.04 Å². The minimum Gasteiger partial charge on any atom is -0.540 e. The second-order valence-corrected chi connectivity index (χ2v) is 2.01. The van der Waals surface area contributed by atoms with Crippen LogP contribution in [0.3, 0.4) is 0 Å². The molecular formula is C6H8CuN3O. The maximum absolute atomic E-state index is 9.95. The minimum atomic E-state index is -0.541. The van der Waals surface area contributed by atoms with E-state index in [1.807, 2.05) is 0 Å². The van der Waals surface area contributed by atoms with Crippen molar-refractivity contribution in [2.24, 2.45) is 5.73 Å². The normalized spacial score (nSPS) is 11.7. The standard InChI is InChI=1S/C6H8N3O.Cu/c7-5(3-10)1-6-2-8-4-9-6;/h2,4-5H,1,7H2,(H,8,9);/q-1;+1/t5-;/m0./s1. The van der Waals surface area contributed by atoms with Crippen LogP contribution in [-0.4, -0.2) is 22.3 Å². The minimum absolute atomic E-state index is 0. The van der Waals surface area contributed by atoms with Crippen molar-refractivity contribution in [2.75, 3.05) is 0 Å². The molecule has 4 nitrogen and oxygen atoms in total. The van der Waals surface area contributed by atoms with Crippen LogP contribution in [0.25, 0.3) is 0 Å². The number of imidazole rings is 1. The number of nitrogens with one attached hydrogen (secondary N) is 1. The smallest absolute Gasteiger partial charge is 0.540 e. The largest absolute Gasteiger partial charge is 1.00 e. The molecule has 5 heteroatoms. The van der Waals surface area contributed by atoms with Gasteiger partial charge < -0.3 is 15.5 Å². The summed E-state index contributed by atoms with van der Waals surface area (Å²) >= 11 is 0. The van der Waals surface area contributed by atoms with Gasteiger partial charge in [-0.2, -0.15) is 0 Å². The summed E-state index contributed by atoms with van der Waals surface area (Å²) in [7, 11) is 0. The topological polar surface area (TPSA) is 71.8 Å². The molecule has 0 aromatic carbocycles. The summed E-state index contributed by atoms with van der Waals surface area (Å²) in [5.74, 6) is 0. The first-order valence-corrected chi connectivity index (χ1v) is 2.93. The molecule has 0 bridgehead atoms. The van der Waals surface area contributed by atoms with Crippen LogP contribution in [0.5, 0.6) is 0 Å². The molecule has 3 N–H and O–H groups in total. The number of rotatable bonds is 3. The summed E-state index contributed by atoms with van der Waals surface area (Å²) in [5.41, 5.74) is 6.15. The van der Waals surface area contributed by atoms with E-state index in [-0.39, 0.29) is 17.1 Å². The Bertz CT molecular complexity index is 200. The van der Waals surface area contributed by atoms with Crippen molar-refractivity contribution in [3.8, 4) is 0 Å². The Labute approximate surface area is 75.1 Å². The molecule has 0 spiro atoms. The quantitative estimate of drug-likeness (QED) is 0.506. The van der Waals surface area contributed by atoms with Crippen molar-refractivity contribution in [2.45, 2.75) is 12.5 Å². The van der Waals surface area contributed by atoms with Gasteiger partial charge in [0, 0.05) is 11.9 Å². The number of aromatic nitrogens is 2. The fourth-order valence-corrected chi connectivity index (χ4v) is 0.675. The molecular weight excluding hydrogens is 194 g/mol. The van der Waals surface area contributed by atoms with Crippen LogP contribution < -0.4 is 5.73 Å². The molecule has 0 amide bonds. The van der Waals surface area contributed by atoms with E-state index in [1.165, 1.54) is 0 Å². The SMILES string of the molecule is N[C@H]([C-]=O)Cc1cnc[nH]1.[Cu+]. The zero-order valence-corrected chi connectivity index (χ0v) is 6.62. The van der Waals surface area contributed by atoms with Crippen LogP contribution in [-0.2, 0) is 28.3 Å². The van der Waals surface area contributed by atoms with Crippen LogP contribution >= 0.6 is 0 Å². The Morgan fingerprint density at radius 1 is 1.82 bits per heavy atom. The molecule has 1 atom stereocenters. The zero-order valence-electron chi connectivity index (χ0n) is 5.67. The van der Waals surface area contributed by atoms with E-state index in [9.17, 15) is 4.79 Å². The second kappa shape index (κ2) is 5.07. The number of H-pyrrole nitrogens is 1. The number of hydrogen-bond acceptors (Lipinski definition) is 3. The van der Waals surface area contributed by atoms with Crippen molar-refractivity contribution in [1.82, 2.24) is 9.97 Å². The van der Waals surface area contributed by atoms with Gasteiger partial charge in [0.05, 0.1) is 6.33 Å². The number of nitrogens with zero attached hydrogens (tertiary/aromatic N) is 1. The van der Waals surface area contributed by atoms with Crippen molar-refractivity contribution < 1.29 is 21.9 Å². The molecule has 1 heterocycles. The van der Waals surface area contributed by atoms with Gasteiger partial charge in [-0.05, 0) is 6.42 Å². The number of nitrogens with two attached hydrogens (primary N) is 1. The molecule has 0 radical (unpaired) electrons. The first-order chi connectivity index (χ1) is 4.83. The molecule has 0 aliphatic heterocycles. The van der Waals surface area contributed by atoms with E-state index in [1.54, 1.807) is 18.8 Å². The van der Waals surface area contributed by atoms with E-state index >= 15 is 0 Å². The summed E-state index contributed by atoms with van der Waals surface area (Å²) in [6.07, 6.45) is 5.34. The summed E-state index contributed by atoms with van der Waals surface area (Å²) < 4.78 is 0. The first-order valence-electron chi connectivity index (χ1n) is 2.93. The molecule has 0 saturated heterocycles. The maximum atomic E-state index is 9.95. The van der Waals surface area contributed by atoms with Gasteiger partial charge in [0.2, 0.25) is 0 Å². The van der Waals surface area contributed by atoms with Crippen molar-refractivity contribution >= 4 is 6.29 Å². The Hall–Kier alpha value is -0.641. The number of hydrogen-bond donors (Lipinski definition) is 2. The van der Waals surface area contributed by atoms with E-state index in [0.717, 1.165) is 5.69 Å². The van der Waals surface area contributed by atoms with Crippen LogP contribution in [0.4, 0.5) is 0 Å². The Morgan fingerprint density at radius 3 is 3.00 bits per heavy atom. The predicted molar refractivity (Wildman–Crippen MR) is 36.0 cm³/mol. The van der Waals surface area contributed by atoms with Crippen molar-refractivity contribution in [1.29, 1.82) is 0 Å². The Morgan fingerprint density at radius 2 is 2.55 bits per heavy atom. The Kier molecular flexibility index (Phi) is 4.77. The molecule has 1 aromatic rings. The summed E-state index contributed by atoms with van der Waals surface area (Å²) in [4.78, 5) is 16.5. The number of carbonyl (C=O) groups excluding carboxylic acids is 1. The van der Waals surface area contributed by atoms with Crippen LogP contribution in [0.2, 0.25) is 0 Å². The zero-order chi connectivity index (χ0) is 7.40. The van der Waals surface area contributed by atoms with E-state index in [0.29, 0.717) is 6.42 Å². The van der Waals surface area contributed by atoms with Gasteiger partial charge in [-0.15, -0.1) is 0 Å². The van der Waals surface area contributed by atoms with Crippen LogP contribution in [0.15, 0.2) is 12.5 Å². The fraction of sp³-hybridized carbons (Fsp3) is 0.333. The summed E-state index contributed by atoms with van der Waals surface area (Å²) in [6, 6.07) is -0.541. The molecule has 11 heavy (non-hydrogen) atoms. The molecule has 0 unspecified atom stereocenters. The van der Waals surface area contributed by atoms with E-state index in [4.69, 9.17) is 5.73 Å².